The molecule has 0 radical (unpaired) electrons. The van der Waals surface area contributed by atoms with Crippen LogP contribution in [0.1, 0.15) is 36.3 Å². The molecule has 2 aromatic rings. The third-order valence-corrected chi connectivity index (χ3v) is 4.82. The first-order chi connectivity index (χ1) is 10.2. The quantitative estimate of drug-likeness (QED) is 0.779. The van der Waals surface area contributed by atoms with Gasteiger partial charge in [-0.15, -0.1) is 11.3 Å². The zero-order valence-corrected chi connectivity index (χ0v) is 14.0. The van der Waals surface area contributed by atoms with Gasteiger partial charge in [0.05, 0.1) is 7.11 Å². The largest absolute Gasteiger partial charge is 0.497 e. The van der Waals surface area contributed by atoms with Crippen LogP contribution in [-0.4, -0.2) is 13.2 Å². The number of methoxy groups -OCH3 is 1. The molecule has 114 valence electrons. The van der Waals surface area contributed by atoms with Crippen LogP contribution < -0.4 is 10.1 Å². The van der Waals surface area contributed by atoms with Crippen molar-refractivity contribution in [1.82, 2.24) is 5.32 Å². The lowest BCUT2D eigenvalue weighted by Gasteiger charge is -2.14. The first-order valence-corrected chi connectivity index (χ1v) is 8.52. The Morgan fingerprint density at radius 3 is 2.62 bits per heavy atom. The second-order valence-corrected chi connectivity index (χ2v) is 6.39. The van der Waals surface area contributed by atoms with E-state index in [-0.39, 0.29) is 0 Å². The van der Waals surface area contributed by atoms with Gasteiger partial charge in [0.25, 0.3) is 0 Å². The highest BCUT2D eigenvalue weighted by Crippen LogP contribution is 2.18. The van der Waals surface area contributed by atoms with Crippen molar-refractivity contribution in [1.29, 1.82) is 0 Å². The van der Waals surface area contributed by atoms with E-state index >= 15 is 0 Å². The van der Waals surface area contributed by atoms with Crippen LogP contribution in [0.3, 0.4) is 0 Å². The maximum absolute atomic E-state index is 5.19. The molecular weight excluding hydrogens is 278 g/mol. The van der Waals surface area contributed by atoms with E-state index in [9.17, 15) is 0 Å². The van der Waals surface area contributed by atoms with Crippen LogP contribution in [0, 0.1) is 0 Å². The van der Waals surface area contributed by atoms with Gasteiger partial charge in [0, 0.05) is 17.5 Å². The van der Waals surface area contributed by atoms with E-state index in [0.717, 1.165) is 31.6 Å². The molecule has 1 atom stereocenters. The summed E-state index contributed by atoms with van der Waals surface area (Å²) in [6, 6.07) is 11.1. The smallest absolute Gasteiger partial charge is 0.118 e. The monoisotopic (exact) mass is 303 g/mol. The van der Waals surface area contributed by atoms with Gasteiger partial charge in [-0.05, 0) is 60.9 Å². The van der Waals surface area contributed by atoms with Crippen molar-refractivity contribution in [3.05, 3.63) is 51.7 Å². The lowest BCUT2D eigenvalue weighted by molar-refractivity contribution is 0.414. The van der Waals surface area contributed by atoms with E-state index in [1.807, 2.05) is 23.5 Å². The number of rotatable bonds is 8. The van der Waals surface area contributed by atoms with E-state index in [0.29, 0.717) is 6.04 Å². The van der Waals surface area contributed by atoms with E-state index in [4.69, 9.17) is 4.74 Å². The molecule has 2 rings (SSSR count). The first kappa shape index (κ1) is 16.1. The van der Waals surface area contributed by atoms with Crippen molar-refractivity contribution in [3.8, 4) is 5.75 Å². The third-order valence-electron chi connectivity index (χ3n) is 3.85. The number of nitrogens with one attached hydrogen (secondary N) is 1. The number of ether oxygens (including phenoxy) is 1. The van der Waals surface area contributed by atoms with Crippen LogP contribution in [0.4, 0.5) is 0 Å². The molecule has 0 saturated carbocycles. The minimum atomic E-state index is 0.527. The fourth-order valence-electron chi connectivity index (χ4n) is 2.38. The van der Waals surface area contributed by atoms with Crippen LogP contribution in [0.2, 0.25) is 0 Å². The van der Waals surface area contributed by atoms with Crippen LogP contribution in [0.5, 0.6) is 5.75 Å². The van der Waals surface area contributed by atoms with Crippen LogP contribution >= 0.6 is 11.3 Å². The molecule has 0 bridgehead atoms. The average Bonchev–Trinajstić information content (AvgIpc) is 2.99. The molecule has 1 aromatic heterocycles. The SMILES string of the molecule is CCc1ccsc1CNC(C)CCc1ccc(OC)cc1. The van der Waals surface area contributed by atoms with E-state index in [1.54, 1.807) is 7.11 Å². The summed E-state index contributed by atoms with van der Waals surface area (Å²) in [5.41, 5.74) is 2.85. The molecule has 0 spiro atoms. The summed E-state index contributed by atoms with van der Waals surface area (Å²) < 4.78 is 5.19. The molecule has 0 aliphatic rings. The molecule has 0 amide bonds. The Morgan fingerprint density at radius 2 is 1.95 bits per heavy atom. The molecule has 0 aliphatic heterocycles. The van der Waals surface area contributed by atoms with Gasteiger partial charge in [0.1, 0.15) is 5.75 Å². The molecule has 0 aliphatic carbocycles. The van der Waals surface area contributed by atoms with Gasteiger partial charge in [-0.3, -0.25) is 0 Å². The first-order valence-electron chi connectivity index (χ1n) is 7.64. The lowest BCUT2D eigenvalue weighted by atomic mass is 10.1. The van der Waals surface area contributed by atoms with Crippen LogP contribution in [0.15, 0.2) is 35.7 Å². The summed E-state index contributed by atoms with van der Waals surface area (Å²) >= 11 is 1.86. The van der Waals surface area contributed by atoms with Gasteiger partial charge in [-0.25, -0.2) is 0 Å². The topological polar surface area (TPSA) is 21.3 Å². The van der Waals surface area contributed by atoms with E-state index in [1.165, 1.54) is 16.0 Å². The number of hydrogen-bond donors (Lipinski definition) is 1. The van der Waals surface area contributed by atoms with Crippen molar-refractivity contribution in [3.63, 3.8) is 0 Å². The Kier molecular flexibility index (Phi) is 6.27. The zero-order valence-electron chi connectivity index (χ0n) is 13.2. The van der Waals surface area contributed by atoms with Crippen LogP contribution in [-0.2, 0) is 19.4 Å². The van der Waals surface area contributed by atoms with Gasteiger partial charge >= 0.3 is 0 Å². The van der Waals surface area contributed by atoms with Gasteiger partial charge in [0.2, 0.25) is 0 Å². The van der Waals surface area contributed by atoms with E-state index in [2.05, 4.69) is 42.7 Å². The van der Waals surface area contributed by atoms with Crippen molar-refractivity contribution in [2.24, 2.45) is 0 Å². The Hall–Kier alpha value is -1.32. The molecule has 2 nitrogen and oxygen atoms in total. The number of aryl methyl sites for hydroxylation is 2. The minimum Gasteiger partial charge on any atom is -0.497 e. The summed E-state index contributed by atoms with van der Waals surface area (Å²) in [4.78, 5) is 1.48. The molecule has 1 unspecified atom stereocenters. The highest BCUT2D eigenvalue weighted by atomic mass is 32.1. The second kappa shape index (κ2) is 8.20. The summed E-state index contributed by atoms with van der Waals surface area (Å²) in [7, 11) is 1.70. The molecule has 1 heterocycles. The predicted octanol–water partition coefficient (Wildman–Crippen LogP) is 4.43. The highest BCUT2D eigenvalue weighted by molar-refractivity contribution is 7.10. The number of hydrogen-bond acceptors (Lipinski definition) is 3. The maximum atomic E-state index is 5.19. The van der Waals surface area contributed by atoms with Crippen LogP contribution in [0.25, 0.3) is 0 Å². The van der Waals surface area contributed by atoms with Gasteiger partial charge in [-0.2, -0.15) is 0 Å². The number of thiophene rings is 1. The fourth-order valence-corrected chi connectivity index (χ4v) is 3.31. The molecule has 1 aromatic carbocycles. The molecular formula is C18H25NOS. The Labute approximate surface area is 132 Å². The summed E-state index contributed by atoms with van der Waals surface area (Å²) in [5.74, 6) is 0.926. The normalized spacial score (nSPS) is 12.3. The molecule has 3 heteroatoms. The summed E-state index contributed by atoms with van der Waals surface area (Å²) in [5, 5.41) is 5.83. The Morgan fingerprint density at radius 1 is 1.19 bits per heavy atom. The third kappa shape index (κ3) is 4.87. The van der Waals surface area contributed by atoms with Gasteiger partial charge in [-0.1, -0.05) is 19.1 Å². The van der Waals surface area contributed by atoms with Crippen molar-refractivity contribution in [2.45, 2.75) is 45.7 Å². The molecule has 0 saturated heterocycles. The van der Waals surface area contributed by atoms with Crippen molar-refractivity contribution in [2.75, 3.05) is 7.11 Å². The minimum absolute atomic E-state index is 0.527. The second-order valence-electron chi connectivity index (χ2n) is 5.39. The van der Waals surface area contributed by atoms with E-state index < -0.39 is 0 Å². The van der Waals surface area contributed by atoms with Gasteiger partial charge < -0.3 is 10.1 Å². The van der Waals surface area contributed by atoms with Crippen molar-refractivity contribution < 1.29 is 4.74 Å². The fraction of sp³-hybridized carbons (Fsp3) is 0.444. The lowest BCUT2D eigenvalue weighted by Crippen LogP contribution is -2.25. The standard InChI is InChI=1S/C18H25NOS/c1-4-16-11-12-21-18(16)13-19-14(2)5-6-15-7-9-17(20-3)10-8-15/h7-12,14,19H,4-6,13H2,1-3H3. The predicted molar refractivity (Wildman–Crippen MR) is 91.3 cm³/mol. The summed E-state index contributed by atoms with van der Waals surface area (Å²) in [6.45, 7) is 5.48. The Bertz CT molecular complexity index is 532. The highest BCUT2D eigenvalue weighted by Gasteiger charge is 2.06. The zero-order chi connectivity index (χ0) is 15.1. The average molecular weight is 303 g/mol. The Balaban J connectivity index is 1.75. The molecule has 21 heavy (non-hydrogen) atoms. The molecule has 0 fully saturated rings. The number of benzene rings is 1. The van der Waals surface area contributed by atoms with Crippen molar-refractivity contribution >= 4 is 11.3 Å². The maximum Gasteiger partial charge on any atom is 0.118 e. The summed E-state index contributed by atoms with van der Waals surface area (Å²) in [6.07, 6.45) is 3.38. The van der Waals surface area contributed by atoms with Gasteiger partial charge in [0.15, 0.2) is 0 Å². The molecule has 1 N–H and O–H groups in total.